The number of benzene rings is 1. The predicted octanol–water partition coefficient (Wildman–Crippen LogP) is 1.94. The van der Waals surface area contributed by atoms with Gasteiger partial charge < -0.3 is 14.7 Å². The fraction of sp³-hybridized carbons (Fsp3) is 0.250. The maximum atomic E-state index is 11.7. The number of fused-ring (bicyclic) bond motifs is 1. The molecule has 0 spiro atoms. The van der Waals surface area contributed by atoms with Gasteiger partial charge in [0, 0.05) is 49.6 Å². The van der Waals surface area contributed by atoms with Crippen LogP contribution in [0, 0.1) is 0 Å². The molecule has 108 valence electrons. The molecule has 1 aliphatic rings. The molecule has 1 aliphatic heterocycles. The first kappa shape index (κ1) is 13.4. The van der Waals surface area contributed by atoms with Crippen LogP contribution in [0.25, 0.3) is 0 Å². The van der Waals surface area contributed by atoms with Gasteiger partial charge >= 0.3 is 0 Å². The standard InChI is InChI=1S/C16H17N3O2/c20-16-7-3-4-9-19(16)12-11-18-10-8-14(17-21)13-5-1-2-6-15(13)18/h1-7,9,21H,8,10-12H2/b17-14-. The number of oxime groups is 1. The van der Waals surface area contributed by atoms with Gasteiger partial charge in [-0.25, -0.2) is 0 Å². The van der Waals surface area contributed by atoms with E-state index in [2.05, 4.69) is 10.1 Å². The van der Waals surface area contributed by atoms with Gasteiger partial charge in [0.2, 0.25) is 0 Å². The highest BCUT2D eigenvalue weighted by Gasteiger charge is 2.21. The molecular weight excluding hydrogens is 266 g/mol. The highest BCUT2D eigenvalue weighted by Crippen LogP contribution is 2.26. The molecule has 5 nitrogen and oxygen atoms in total. The van der Waals surface area contributed by atoms with Crippen molar-refractivity contribution in [2.75, 3.05) is 18.0 Å². The van der Waals surface area contributed by atoms with Gasteiger partial charge in [0.1, 0.15) is 0 Å². The van der Waals surface area contributed by atoms with E-state index in [1.165, 1.54) is 0 Å². The van der Waals surface area contributed by atoms with Crippen molar-refractivity contribution in [1.82, 2.24) is 4.57 Å². The molecule has 1 aromatic carbocycles. The second-order valence-electron chi connectivity index (χ2n) is 5.03. The Morgan fingerprint density at radius 3 is 2.71 bits per heavy atom. The van der Waals surface area contributed by atoms with Crippen LogP contribution in [0.5, 0.6) is 0 Å². The van der Waals surface area contributed by atoms with Crippen molar-refractivity contribution >= 4 is 11.4 Å². The van der Waals surface area contributed by atoms with Gasteiger partial charge in [-0.05, 0) is 12.1 Å². The number of hydrogen-bond donors (Lipinski definition) is 1. The zero-order valence-electron chi connectivity index (χ0n) is 11.6. The number of rotatable bonds is 3. The van der Waals surface area contributed by atoms with Crippen molar-refractivity contribution in [3.05, 3.63) is 64.6 Å². The van der Waals surface area contributed by atoms with Gasteiger partial charge in [-0.1, -0.05) is 29.4 Å². The highest BCUT2D eigenvalue weighted by atomic mass is 16.4. The first-order valence-corrected chi connectivity index (χ1v) is 7.00. The Kier molecular flexibility index (Phi) is 3.73. The van der Waals surface area contributed by atoms with Crippen LogP contribution in [0.2, 0.25) is 0 Å². The van der Waals surface area contributed by atoms with Crippen LogP contribution in [0.3, 0.4) is 0 Å². The summed E-state index contributed by atoms with van der Waals surface area (Å²) in [4.78, 5) is 14.0. The van der Waals surface area contributed by atoms with Crippen LogP contribution in [-0.4, -0.2) is 28.6 Å². The average Bonchev–Trinajstić information content (AvgIpc) is 2.54. The van der Waals surface area contributed by atoms with Crippen molar-refractivity contribution in [2.24, 2.45) is 5.16 Å². The van der Waals surface area contributed by atoms with E-state index in [1.807, 2.05) is 30.3 Å². The van der Waals surface area contributed by atoms with E-state index >= 15 is 0 Å². The molecule has 21 heavy (non-hydrogen) atoms. The zero-order valence-corrected chi connectivity index (χ0v) is 11.6. The van der Waals surface area contributed by atoms with E-state index in [0.29, 0.717) is 13.0 Å². The molecule has 0 radical (unpaired) electrons. The van der Waals surface area contributed by atoms with Crippen LogP contribution in [-0.2, 0) is 6.54 Å². The number of pyridine rings is 1. The zero-order chi connectivity index (χ0) is 14.7. The second-order valence-corrected chi connectivity index (χ2v) is 5.03. The quantitative estimate of drug-likeness (QED) is 0.692. The van der Waals surface area contributed by atoms with Crippen LogP contribution >= 0.6 is 0 Å². The van der Waals surface area contributed by atoms with E-state index in [-0.39, 0.29) is 5.56 Å². The lowest BCUT2D eigenvalue weighted by Crippen LogP contribution is -2.36. The van der Waals surface area contributed by atoms with E-state index in [0.717, 1.165) is 30.1 Å². The Hall–Kier alpha value is -2.56. The molecule has 1 N–H and O–H groups in total. The molecule has 0 atom stereocenters. The number of anilines is 1. The molecule has 0 bridgehead atoms. The minimum atomic E-state index is 0.0143. The molecule has 0 saturated carbocycles. The SMILES string of the molecule is O=c1ccccn1CCN1CC/C(=N/O)c2ccccc21. The largest absolute Gasteiger partial charge is 0.411 e. The summed E-state index contributed by atoms with van der Waals surface area (Å²) in [5.41, 5.74) is 2.76. The van der Waals surface area contributed by atoms with Gasteiger partial charge in [0.05, 0.1) is 5.71 Å². The lowest BCUT2D eigenvalue weighted by molar-refractivity contribution is 0.317. The molecule has 2 heterocycles. The number of aromatic nitrogens is 1. The molecule has 1 aromatic heterocycles. The lowest BCUT2D eigenvalue weighted by atomic mass is 10.00. The first-order valence-electron chi connectivity index (χ1n) is 7.00. The van der Waals surface area contributed by atoms with Gasteiger partial charge in [-0.15, -0.1) is 0 Å². The van der Waals surface area contributed by atoms with E-state index in [4.69, 9.17) is 5.21 Å². The highest BCUT2D eigenvalue weighted by molar-refractivity contribution is 6.06. The summed E-state index contributed by atoms with van der Waals surface area (Å²) in [6.07, 6.45) is 2.51. The third-order valence-corrected chi connectivity index (χ3v) is 3.80. The van der Waals surface area contributed by atoms with Gasteiger partial charge in [0.25, 0.3) is 5.56 Å². The minimum Gasteiger partial charge on any atom is -0.411 e. The molecule has 0 saturated heterocycles. The summed E-state index contributed by atoms with van der Waals surface area (Å²) in [5.74, 6) is 0. The molecule has 0 aliphatic carbocycles. The van der Waals surface area contributed by atoms with E-state index in [9.17, 15) is 4.79 Å². The monoisotopic (exact) mass is 283 g/mol. The maximum absolute atomic E-state index is 11.7. The summed E-state index contributed by atoms with van der Waals surface area (Å²) in [6, 6.07) is 13.1. The predicted molar refractivity (Wildman–Crippen MR) is 82.3 cm³/mol. The third-order valence-electron chi connectivity index (χ3n) is 3.80. The Morgan fingerprint density at radius 1 is 1.10 bits per heavy atom. The summed E-state index contributed by atoms with van der Waals surface area (Å²) >= 11 is 0. The van der Waals surface area contributed by atoms with Gasteiger partial charge in [-0.2, -0.15) is 0 Å². The van der Waals surface area contributed by atoms with Gasteiger partial charge in [-0.3, -0.25) is 4.79 Å². The van der Waals surface area contributed by atoms with Crippen molar-refractivity contribution in [2.45, 2.75) is 13.0 Å². The molecule has 5 heteroatoms. The minimum absolute atomic E-state index is 0.0143. The molecule has 3 rings (SSSR count). The molecular formula is C16H17N3O2. The summed E-state index contributed by atoms with van der Waals surface area (Å²) in [5, 5.41) is 12.5. The van der Waals surface area contributed by atoms with E-state index in [1.54, 1.807) is 22.9 Å². The van der Waals surface area contributed by atoms with Crippen LogP contribution in [0.1, 0.15) is 12.0 Å². The third kappa shape index (κ3) is 2.67. The Balaban J connectivity index is 1.81. The lowest BCUT2D eigenvalue weighted by Gasteiger charge is -2.31. The molecule has 0 unspecified atom stereocenters. The number of hydrogen-bond acceptors (Lipinski definition) is 4. The number of para-hydroxylation sites is 1. The second kappa shape index (κ2) is 5.83. The summed E-state index contributed by atoms with van der Waals surface area (Å²) in [6.45, 7) is 2.18. The molecule has 0 fully saturated rings. The Bertz CT molecular complexity index is 721. The number of nitrogens with zero attached hydrogens (tertiary/aromatic N) is 3. The Morgan fingerprint density at radius 2 is 1.90 bits per heavy atom. The van der Waals surface area contributed by atoms with Crippen LogP contribution in [0.15, 0.2) is 58.6 Å². The van der Waals surface area contributed by atoms with Crippen molar-refractivity contribution in [1.29, 1.82) is 0 Å². The topological polar surface area (TPSA) is 57.8 Å². The van der Waals surface area contributed by atoms with Gasteiger partial charge in [0.15, 0.2) is 0 Å². The summed E-state index contributed by atoms with van der Waals surface area (Å²) in [7, 11) is 0. The maximum Gasteiger partial charge on any atom is 0.250 e. The smallest absolute Gasteiger partial charge is 0.250 e. The van der Waals surface area contributed by atoms with Crippen molar-refractivity contribution in [3.63, 3.8) is 0 Å². The fourth-order valence-electron chi connectivity index (χ4n) is 2.70. The van der Waals surface area contributed by atoms with Crippen molar-refractivity contribution < 1.29 is 5.21 Å². The van der Waals surface area contributed by atoms with Crippen molar-refractivity contribution in [3.8, 4) is 0 Å². The summed E-state index contributed by atoms with van der Waals surface area (Å²) < 4.78 is 1.71. The first-order chi connectivity index (χ1) is 10.3. The average molecular weight is 283 g/mol. The van der Waals surface area contributed by atoms with Crippen LogP contribution < -0.4 is 10.5 Å². The normalized spacial score (nSPS) is 16.0. The molecule has 0 amide bonds. The van der Waals surface area contributed by atoms with E-state index < -0.39 is 0 Å². The Labute approximate surface area is 122 Å². The fourth-order valence-corrected chi connectivity index (χ4v) is 2.70. The van der Waals surface area contributed by atoms with Crippen LogP contribution in [0.4, 0.5) is 5.69 Å². The molecule has 2 aromatic rings.